The number of nitrogens with zero attached hydrogens (tertiary/aromatic N) is 3. The molecule has 6 aromatic carbocycles. The van der Waals surface area contributed by atoms with Crippen molar-refractivity contribution in [3.63, 3.8) is 0 Å². The van der Waals surface area contributed by atoms with E-state index in [0.717, 1.165) is 44.3 Å². The molecule has 0 saturated heterocycles. The van der Waals surface area contributed by atoms with Crippen molar-refractivity contribution >= 4 is 66.1 Å². The van der Waals surface area contributed by atoms with Gasteiger partial charge >= 0.3 is 0 Å². The van der Waals surface area contributed by atoms with Gasteiger partial charge in [0.05, 0.1) is 16.7 Å². The Bertz CT molecular complexity index is 2220. The lowest BCUT2D eigenvalue weighted by atomic mass is 9.99. The summed E-state index contributed by atoms with van der Waals surface area (Å²) in [5.74, 6) is 0. The second-order valence-corrected chi connectivity index (χ2v) is 9.63. The van der Waals surface area contributed by atoms with Crippen molar-refractivity contribution < 1.29 is 0 Å². The molecule has 8 rings (SSSR count). The highest BCUT2D eigenvalue weighted by Crippen LogP contribution is 2.42. The Labute approximate surface area is 218 Å². The van der Waals surface area contributed by atoms with Gasteiger partial charge < -0.3 is 4.90 Å². The van der Waals surface area contributed by atoms with E-state index in [1.54, 1.807) is 4.40 Å². The Kier molecular flexibility index (Phi) is 4.34. The first-order chi connectivity index (χ1) is 18.8. The first kappa shape index (κ1) is 20.9. The number of hydrogen-bond donors (Lipinski definition) is 0. The molecule has 0 radical (unpaired) electrons. The number of para-hydroxylation sites is 3. The second-order valence-electron chi connectivity index (χ2n) is 9.63. The summed E-state index contributed by atoms with van der Waals surface area (Å²) in [4.78, 5) is 21.0. The predicted octanol–water partition coefficient (Wildman–Crippen LogP) is 8.21. The van der Waals surface area contributed by atoms with Crippen LogP contribution in [0.2, 0.25) is 0 Å². The van der Waals surface area contributed by atoms with Gasteiger partial charge in [0, 0.05) is 32.9 Å². The van der Waals surface area contributed by atoms with Crippen molar-refractivity contribution in [2.75, 3.05) is 4.90 Å². The molecule has 0 aliphatic carbocycles. The number of aromatic nitrogens is 2. The third-order valence-corrected chi connectivity index (χ3v) is 7.50. The van der Waals surface area contributed by atoms with Crippen LogP contribution in [0.1, 0.15) is 0 Å². The van der Waals surface area contributed by atoms with Gasteiger partial charge in [-0.2, -0.15) is 0 Å². The predicted molar refractivity (Wildman–Crippen MR) is 157 cm³/mol. The van der Waals surface area contributed by atoms with Crippen LogP contribution in [-0.2, 0) is 0 Å². The SMILES string of the molecule is O=c1c2cccc3c(N(c4ccccc4)c4ccc5ccccc5c4)ccc(c32)c2nc3ccccc3n12. The molecule has 0 atom stereocenters. The second kappa shape index (κ2) is 7.89. The van der Waals surface area contributed by atoms with Crippen LogP contribution in [0.25, 0.3) is 49.0 Å². The Morgan fingerprint density at radius 3 is 2.24 bits per heavy atom. The molecule has 0 bridgehead atoms. The van der Waals surface area contributed by atoms with Gasteiger partial charge in [-0.25, -0.2) is 4.98 Å². The fourth-order valence-corrected chi connectivity index (χ4v) is 5.80. The molecule has 0 amide bonds. The van der Waals surface area contributed by atoms with E-state index in [2.05, 4.69) is 89.8 Å². The minimum absolute atomic E-state index is 0.0408. The average molecular weight is 488 g/mol. The number of pyridine rings is 1. The number of hydrogen-bond acceptors (Lipinski definition) is 3. The van der Waals surface area contributed by atoms with E-state index in [9.17, 15) is 4.79 Å². The van der Waals surface area contributed by atoms with Gasteiger partial charge in [-0.15, -0.1) is 0 Å². The Morgan fingerprint density at radius 1 is 0.579 bits per heavy atom. The van der Waals surface area contributed by atoms with Crippen molar-refractivity contribution in [1.82, 2.24) is 9.38 Å². The van der Waals surface area contributed by atoms with Crippen molar-refractivity contribution in [1.29, 1.82) is 0 Å². The molecule has 0 fully saturated rings. The standard InChI is InChI=1S/C34H21N3O/c38-34-28-14-8-13-26-30(20-19-27(32(26)28)33-35-29-15-6-7-16-31(29)37(33)34)36(24-11-2-1-3-12-24)25-18-17-22-9-4-5-10-23(22)21-25/h1-21H. The van der Waals surface area contributed by atoms with Crippen LogP contribution in [0.3, 0.4) is 0 Å². The van der Waals surface area contributed by atoms with Crippen molar-refractivity contribution in [2.24, 2.45) is 0 Å². The Balaban J connectivity index is 1.48. The van der Waals surface area contributed by atoms with E-state index in [0.29, 0.717) is 11.0 Å². The van der Waals surface area contributed by atoms with Crippen molar-refractivity contribution in [3.05, 3.63) is 138 Å². The molecule has 0 N–H and O–H groups in total. The zero-order valence-electron chi connectivity index (χ0n) is 20.4. The largest absolute Gasteiger partial charge is 0.310 e. The molecule has 178 valence electrons. The van der Waals surface area contributed by atoms with E-state index in [4.69, 9.17) is 4.98 Å². The normalized spacial score (nSPS) is 11.8. The van der Waals surface area contributed by atoms with Crippen LogP contribution in [-0.4, -0.2) is 9.38 Å². The van der Waals surface area contributed by atoms with Gasteiger partial charge in [0.2, 0.25) is 0 Å². The summed E-state index contributed by atoms with van der Waals surface area (Å²) in [6.07, 6.45) is 0. The maximum absolute atomic E-state index is 13.8. The van der Waals surface area contributed by atoms with E-state index in [-0.39, 0.29) is 5.56 Å². The van der Waals surface area contributed by atoms with Gasteiger partial charge in [0.15, 0.2) is 0 Å². The molecule has 0 aliphatic heterocycles. The van der Waals surface area contributed by atoms with Crippen LogP contribution < -0.4 is 10.5 Å². The van der Waals surface area contributed by atoms with E-state index >= 15 is 0 Å². The fraction of sp³-hybridized carbons (Fsp3) is 0. The van der Waals surface area contributed by atoms with Gasteiger partial charge in [0.1, 0.15) is 5.65 Å². The van der Waals surface area contributed by atoms with Crippen LogP contribution in [0.4, 0.5) is 17.1 Å². The minimum atomic E-state index is -0.0408. The summed E-state index contributed by atoms with van der Waals surface area (Å²) in [6, 6.07) is 43.5. The summed E-state index contributed by atoms with van der Waals surface area (Å²) in [5, 5.41) is 6.01. The molecular weight excluding hydrogens is 466 g/mol. The quantitative estimate of drug-likeness (QED) is 0.252. The van der Waals surface area contributed by atoms with Gasteiger partial charge in [0.25, 0.3) is 5.56 Å². The maximum atomic E-state index is 13.8. The van der Waals surface area contributed by atoms with Gasteiger partial charge in [-0.05, 0) is 65.4 Å². The van der Waals surface area contributed by atoms with Crippen LogP contribution in [0, 0.1) is 0 Å². The Morgan fingerprint density at radius 2 is 1.34 bits per heavy atom. The van der Waals surface area contributed by atoms with Crippen LogP contribution >= 0.6 is 0 Å². The van der Waals surface area contributed by atoms with E-state index in [1.807, 2.05) is 42.5 Å². The molecular formula is C34H21N3O. The minimum Gasteiger partial charge on any atom is -0.310 e. The molecule has 2 heterocycles. The van der Waals surface area contributed by atoms with Crippen molar-refractivity contribution in [2.45, 2.75) is 0 Å². The third kappa shape index (κ3) is 2.91. The molecule has 8 aromatic rings. The number of anilines is 3. The highest BCUT2D eigenvalue weighted by Gasteiger charge is 2.21. The van der Waals surface area contributed by atoms with Crippen molar-refractivity contribution in [3.8, 4) is 0 Å². The molecule has 4 nitrogen and oxygen atoms in total. The fourth-order valence-electron chi connectivity index (χ4n) is 5.80. The first-order valence-electron chi connectivity index (χ1n) is 12.7. The molecule has 0 spiro atoms. The molecule has 38 heavy (non-hydrogen) atoms. The lowest BCUT2D eigenvalue weighted by Crippen LogP contribution is -2.14. The zero-order chi connectivity index (χ0) is 25.2. The molecule has 4 heteroatoms. The lowest BCUT2D eigenvalue weighted by molar-refractivity contribution is 1.19. The third-order valence-electron chi connectivity index (χ3n) is 7.50. The topological polar surface area (TPSA) is 37.6 Å². The molecule has 0 aliphatic rings. The number of benzene rings is 6. The number of rotatable bonds is 3. The summed E-state index contributed by atoms with van der Waals surface area (Å²) in [7, 11) is 0. The first-order valence-corrected chi connectivity index (χ1v) is 12.7. The smallest absolute Gasteiger partial charge is 0.264 e. The van der Waals surface area contributed by atoms with Crippen LogP contribution in [0.5, 0.6) is 0 Å². The molecule has 0 saturated carbocycles. The summed E-state index contributed by atoms with van der Waals surface area (Å²) >= 11 is 0. The Hall–Kier alpha value is -5.22. The van der Waals surface area contributed by atoms with Crippen LogP contribution in [0.15, 0.2) is 132 Å². The number of fused-ring (bicyclic) bond motifs is 5. The maximum Gasteiger partial charge on any atom is 0.264 e. The summed E-state index contributed by atoms with van der Waals surface area (Å²) in [6.45, 7) is 0. The summed E-state index contributed by atoms with van der Waals surface area (Å²) < 4.78 is 1.75. The highest BCUT2D eigenvalue weighted by atomic mass is 16.1. The zero-order valence-corrected chi connectivity index (χ0v) is 20.4. The average Bonchev–Trinajstić information content (AvgIpc) is 3.37. The number of imidazole rings is 1. The molecule has 2 aromatic heterocycles. The lowest BCUT2D eigenvalue weighted by Gasteiger charge is -2.27. The monoisotopic (exact) mass is 487 g/mol. The van der Waals surface area contributed by atoms with E-state index < -0.39 is 0 Å². The van der Waals surface area contributed by atoms with Gasteiger partial charge in [-0.1, -0.05) is 72.8 Å². The summed E-state index contributed by atoms with van der Waals surface area (Å²) in [5.41, 5.74) is 5.45. The van der Waals surface area contributed by atoms with Gasteiger partial charge in [-0.3, -0.25) is 9.20 Å². The highest BCUT2D eigenvalue weighted by molar-refractivity contribution is 6.19. The van der Waals surface area contributed by atoms with E-state index in [1.165, 1.54) is 10.8 Å². The molecule has 0 unspecified atom stereocenters.